The minimum absolute atomic E-state index is 0.123. The highest BCUT2D eigenvalue weighted by molar-refractivity contribution is 9.10. The van der Waals surface area contributed by atoms with E-state index in [1.165, 1.54) is 12.1 Å². The molecule has 1 heterocycles. The summed E-state index contributed by atoms with van der Waals surface area (Å²) in [6.07, 6.45) is 0. The average Bonchev–Trinajstić information content (AvgIpc) is 2.14. The van der Waals surface area contributed by atoms with Gasteiger partial charge in [-0.15, -0.1) is 0 Å². The quantitative estimate of drug-likeness (QED) is 0.896. The van der Waals surface area contributed by atoms with Crippen LogP contribution in [0.5, 0.6) is 0 Å². The van der Waals surface area contributed by atoms with E-state index in [-0.39, 0.29) is 17.5 Å². The van der Waals surface area contributed by atoms with Gasteiger partial charge in [-0.1, -0.05) is 15.9 Å². The maximum absolute atomic E-state index is 13.6. The summed E-state index contributed by atoms with van der Waals surface area (Å²) in [4.78, 5) is 13.5. The van der Waals surface area contributed by atoms with Gasteiger partial charge in [0.25, 0.3) is 5.91 Å². The van der Waals surface area contributed by atoms with Crippen molar-refractivity contribution in [1.82, 2.24) is 10.2 Å². The van der Waals surface area contributed by atoms with Crippen LogP contribution in [0.2, 0.25) is 0 Å². The van der Waals surface area contributed by atoms with E-state index in [4.69, 9.17) is 0 Å². The Bertz CT molecular complexity index is 420. The van der Waals surface area contributed by atoms with E-state index in [1.54, 1.807) is 18.0 Å². The second-order valence-electron chi connectivity index (χ2n) is 3.85. The lowest BCUT2D eigenvalue weighted by atomic mass is 10.1. The second-order valence-corrected chi connectivity index (χ2v) is 4.77. The Balaban J connectivity index is 2.19. The van der Waals surface area contributed by atoms with Crippen molar-refractivity contribution in [1.29, 1.82) is 0 Å². The first-order valence-electron chi connectivity index (χ1n) is 5.02. The zero-order valence-corrected chi connectivity index (χ0v) is 10.4. The van der Waals surface area contributed by atoms with Gasteiger partial charge in [-0.2, -0.15) is 0 Å². The number of benzene rings is 1. The lowest BCUT2D eigenvalue weighted by Crippen LogP contribution is -2.57. The molecule has 1 saturated heterocycles. The first-order valence-corrected chi connectivity index (χ1v) is 5.82. The van der Waals surface area contributed by atoms with Crippen LogP contribution in [0.1, 0.15) is 10.4 Å². The number of nitrogens with one attached hydrogen (secondary N) is 1. The minimum atomic E-state index is -0.487. The molecule has 1 fully saturated rings. The van der Waals surface area contributed by atoms with Crippen molar-refractivity contribution in [3.8, 4) is 0 Å². The molecule has 2 rings (SSSR count). The fourth-order valence-corrected chi connectivity index (χ4v) is 1.90. The molecule has 5 heteroatoms. The van der Waals surface area contributed by atoms with Gasteiger partial charge < -0.3 is 10.2 Å². The van der Waals surface area contributed by atoms with Crippen molar-refractivity contribution < 1.29 is 9.18 Å². The van der Waals surface area contributed by atoms with Gasteiger partial charge in [-0.3, -0.25) is 4.79 Å². The highest BCUT2D eigenvalue weighted by atomic mass is 79.9. The summed E-state index contributed by atoms with van der Waals surface area (Å²) in [6, 6.07) is 4.66. The molecule has 86 valence electrons. The number of carbonyl (C=O) groups excluding carboxylic acids is 1. The number of halogens is 2. The largest absolute Gasteiger partial charge is 0.336 e. The van der Waals surface area contributed by atoms with Crippen LogP contribution in [-0.2, 0) is 0 Å². The van der Waals surface area contributed by atoms with Gasteiger partial charge in [0.05, 0.1) is 11.6 Å². The van der Waals surface area contributed by atoms with E-state index in [0.717, 1.165) is 13.1 Å². The van der Waals surface area contributed by atoms with Crippen LogP contribution in [0.15, 0.2) is 22.7 Å². The number of carbonyl (C=O) groups is 1. The van der Waals surface area contributed by atoms with Crippen molar-refractivity contribution in [3.05, 3.63) is 34.1 Å². The molecule has 3 nitrogen and oxygen atoms in total. The van der Waals surface area contributed by atoms with Crippen molar-refractivity contribution in [2.45, 2.75) is 6.04 Å². The Kier molecular flexibility index (Phi) is 3.25. The average molecular weight is 287 g/mol. The van der Waals surface area contributed by atoms with Crippen molar-refractivity contribution >= 4 is 21.8 Å². The molecular weight excluding hydrogens is 275 g/mol. The Labute approximate surface area is 102 Å². The molecule has 0 aromatic heterocycles. The molecule has 1 aliphatic rings. The number of nitrogens with zero attached hydrogens (tertiary/aromatic N) is 1. The van der Waals surface area contributed by atoms with Crippen LogP contribution in [0.3, 0.4) is 0 Å². The van der Waals surface area contributed by atoms with Gasteiger partial charge in [0.2, 0.25) is 0 Å². The summed E-state index contributed by atoms with van der Waals surface area (Å²) in [5.41, 5.74) is 0.123. The van der Waals surface area contributed by atoms with Crippen LogP contribution in [-0.4, -0.2) is 37.0 Å². The van der Waals surface area contributed by atoms with Gasteiger partial charge in [-0.25, -0.2) is 4.39 Å². The molecule has 0 radical (unpaired) electrons. The molecule has 1 N–H and O–H groups in total. The van der Waals surface area contributed by atoms with E-state index in [0.29, 0.717) is 4.47 Å². The molecule has 16 heavy (non-hydrogen) atoms. The third-order valence-corrected chi connectivity index (χ3v) is 3.28. The summed E-state index contributed by atoms with van der Waals surface area (Å²) in [7, 11) is 1.70. The fraction of sp³-hybridized carbons (Fsp3) is 0.364. The van der Waals surface area contributed by atoms with E-state index in [9.17, 15) is 9.18 Å². The monoisotopic (exact) mass is 286 g/mol. The predicted molar refractivity (Wildman–Crippen MR) is 62.9 cm³/mol. The first kappa shape index (κ1) is 11.5. The zero-order chi connectivity index (χ0) is 11.7. The Morgan fingerprint density at radius 1 is 1.56 bits per heavy atom. The van der Waals surface area contributed by atoms with E-state index >= 15 is 0 Å². The zero-order valence-electron chi connectivity index (χ0n) is 8.84. The number of hydrogen-bond acceptors (Lipinski definition) is 2. The molecule has 1 amide bonds. The third-order valence-electron chi connectivity index (χ3n) is 2.79. The predicted octanol–water partition coefficient (Wildman–Crippen LogP) is 1.63. The van der Waals surface area contributed by atoms with E-state index in [2.05, 4.69) is 21.2 Å². The van der Waals surface area contributed by atoms with Crippen LogP contribution in [0.4, 0.5) is 4.39 Å². The Morgan fingerprint density at radius 3 is 2.75 bits per heavy atom. The molecular formula is C11H12BrFN2O. The number of amides is 1. The molecule has 0 spiro atoms. The topological polar surface area (TPSA) is 32.3 Å². The van der Waals surface area contributed by atoms with Crippen LogP contribution in [0, 0.1) is 5.82 Å². The van der Waals surface area contributed by atoms with Gasteiger partial charge in [0.15, 0.2) is 0 Å². The summed E-state index contributed by atoms with van der Waals surface area (Å²) < 4.78 is 14.2. The first-order chi connectivity index (χ1) is 7.59. The molecule has 1 aromatic rings. The normalized spacial score (nSPS) is 15.7. The third kappa shape index (κ3) is 2.10. The Morgan fingerprint density at radius 2 is 2.25 bits per heavy atom. The standard InChI is InChI=1S/C11H12BrFN2O/c1-15(8-5-14-6-8)11(16)9-3-2-7(12)4-10(9)13/h2-4,8,14H,5-6H2,1H3. The summed E-state index contributed by atoms with van der Waals surface area (Å²) in [6.45, 7) is 1.56. The fourth-order valence-electron chi connectivity index (χ4n) is 1.57. The lowest BCUT2D eigenvalue weighted by molar-refractivity contribution is 0.0676. The van der Waals surface area contributed by atoms with Crippen molar-refractivity contribution in [2.75, 3.05) is 20.1 Å². The van der Waals surface area contributed by atoms with Crippen LogP contribution < -0.4 is 5.32 Å². The maximum atomic E-state index is 13.6. The minimum Gasteiger partial charge on any atom is -0.336 e. The molecule has 1 aliphatic heterocycles. The molecule has 0 bridgehead atoms. The van der Waals surface area contributed by atoms with Gasteiger partial charge in [-0.05, 0) is 18.2 Å². The molecule has 0 saturated carbocycles. The SMILES string of the molecule is CN(C(=O)c1ccc(Br)cc1F)C1CNC1. The molecule has 0 atom stereocenters. The lowest BCUT2D eigenvalue weighted by Gasteiger charge is -2.35. The van der Waals surface area contributed by atoms with E-state index in [1.807, 2.05) is 0 Å². The summed E-state index contributed by atoms with van der Waals surface area (Å²) in [5, 5.41) is 3.08. The molecule has 1 aromatic carbocycles. The highest BCUT2D eigenvalue weighted by Gasteiger charge is 2.27. The molecule has 0 unspecified atom stereocenters. The molecule has 0 aliphatic carbocycles. The summed E-state index contributed by atoms with van der Waals surface area (Å²) >= 11 is 3.16. The smallest absolute Gasteiger partial charge is 0.256 e. The highest BCUT2D eigenvalue weighted by Crippen LogP contribution is 2.17. The van der Waals surface area contributed by atoms with E-state index < -0.39 is 5.82 Å². The maximum Gasteiger partial charge on any atom is 0.256 e. The van der Waals surface area contributed by atoms with Gasteiger partial charge in [0, 0.05) is 24.6 Å². The number of rotatable bonds is 2. The Hall–Kier alpha value is -0.940. The number of hydrogen-bond donors (Lipinski definition) is 1. The van der Waals surface area contributed by atoms with Crippen LogP contribution >= 0.6 is 15.9 Å². The van der Waals surface area contributed by atoms with Gasteiger partial charge >= 0.3 is 0 Å². The van der Waals surface area contributed by atoms with Crippen LogP contribution in [0.25, 0.3) is 0 Å². The summed E-state index contributed by atoms with van der Waals surface area (Å²) in [5.74, 6) is -0.755. The van der Waals surface area contributed by atoms with Gasteiger partial charge in [0.1, 0.15) is 5.82 Å². The second kappa shape index (κ2) is 4.51. The number of likely N-dealkylation sites (N-methyl/N-ethyl adjacent to an activating group) is 1. The van der Waals surface area contributed by atoms with Crippen molar-refractivity contribution in [2.24, 2.45) is 0 Å². The van der Waals surface area contributed by atoms with Crippen molar-refractivity contribution in [3.63, 3.8) is 0 Å².